The van der Waals surface area contributed by atoms with E-state index in [1.165, 1.54) is 0 Å². The van der Waals surface area contributed by atoms with Gasteiger partial charge in [0.2, 0.25) is 0 Å². The fourth-order valence-corrected chi connectivity index (χ4v) is 1.54. The van der Waals surface area contributed by atoms with E-state index in [9.17, 15) is 0 Å². The van der Waals surface area contributed by atoms with E-state index in [1.807, 2.05) is 28.9 Å². The zero-order chi connectivity index (χ0) is 10.7. The van der Waals surface area contributed by atoms with Crippen LogP contribution in [-0.4, -0.2) is 23.1 Å². The van der Waals surface area contributed by atoms with Crippen molar-refractivity contribution in [2.24, 2.45) is 5.73 Å². The van der Waals surface area contributed by atoms with Gasteiger partial charge < -0.3 is 14.9 Å². The van der Waals surface area contributed by atoms with Gasteiger partial charge >= 0.3 is 0 Å². The van der Waals surface area contributed by atoms with E-state index in [4.69, 9.17) is 10.5 Å². The van der Waals surface area contributed by atoms with Crippen LogP contribution in [0.25, 0.3) is 5.65 Å². The molecule has 2 rings (SSSR count). The first-order chi connectivity index (χ1) is 7.33. The quantitative estimate of drug-likeness (QED) is 0.809. The maximum Gasteiger partial charge on any atom is 0.136 e. The molecule has 0 aliphatic carbocycles. The van der Waals surface area contributed by atoms with Gasteiger partial charge in [-0.05, 0) is 11.6 Å². The van der Waals surface area contributed by atoms with Crippen molar-refractivity contribution in [1.82, 2.24) is 9.38 Å². The predicted octanol–water partition coefficient (Wildman–Crippen LogP) is 0.982. The molecule has 2 aromatic rings. The van der Waals surface area contributed by atoms with Gasteiger partial charge in [-0.3, -0.25) is 0 Å². The summed E-state index contributed by atoms with van der Waals surface area (Å²) < 4.78 is 7.02. The highest BCUT2D eigenvalue weighted by molar-refractivity contribution is 5.41. The second-order valence-electron chi connectivity index (χ2n) is 3.48. The lowest BCUT2D eigenvalue weighted by Gasteiger charge is -1.96. The Hall–Kier alpha value is -1.39. The number of methoxy groups -OCH3 is 1. The van der Waals surface area contributed by atoms with Gasteiger partial charge in [-0.2, -0.15) is 0 Å². The zero-order valence-corrected chi connectivity index (χ0v) is 8.81. The Bertz CT molecular complexity index is 450. The number of hydrogen-bond acceptors (Lipinski definition) is 3. The summed E-state index contributed by atoms with van der Waals surface area (Å²) in [7, 11) is 1.70. The van der Waals surface area contributed by atoms with Crippen LogP contribution >= 0.6 is 0 Å². The maximum atomic E-state index is 5.57. The topological polar surface area (TPSA) is 52.5 Å². The van der Waals surface area contributed by atoms with Crippen molar-refractivity contribution in [3.8, 4) is 0 Å². The van der Waals surface area contributed by atoms with Crippen LogP contribution in [0.2, 0.25) is 0 Å². The molecule has 0 saturated carbocycles. The standard InChI is InChI=1S/C11H15N3O/c1-15-5-4-10-8-14-7-9(6-12)2-3-11(14)13-10/h2-3,7-8H,4-6,12H2,1H3. The number of pyridine rings is 1. The van der Waals surface area contributed by atoms with Crippen molar-refractivity contribution in [2.45, 2.75) is 13.0 Å². The molecular weight excluding hydrogens is 190 g/mol. The van der Waals surface area contributed by atoms with E-state index in [2.05, 4.69) is 4.98 Å². The number of nitrogens with two attached hydrogens (primary N) is 1. The molecule has 4 heteroatoms. The van der Waals surface area contributed by atoms with Gasteiger partial charge in [-0.1, -0.05) is 6.07 Å². The Labute approximate surface area is 88.7 Å². The summed E-state index contributed by atoms with van der Waals surface area (Å²) in [6.07, 6.45) is 4.88. The van der Waals surface area contributed by atoms with Crippen LogP contribution in [0.3, 0.4) is 0 Å². The second kappa shape index (κ2) is 4.42. The molecule has 15 heavy (non-hydrogen) atoms. The summed E-state index contributed by atoms with van der Waals surface area (Å²) in [6.45, 7) is 1.26. The van der Waals surface area contributed by atoms with E-state index in [1.54, 1.807) is 7.11 Å². The van der Waals surface area contributed by atoms with Crippen LogP contribution < -0.4 is 5.73 Å². The van der Waals surface area contributed by atoms with Crippen molar-refractivity contribution in [2.75, 3.05) is 13.7 Å². The average molecular weight is 205 g/mol. The SMILES string of the molecule is COCCc1cn2cc(CN)ccc2n1. The molecule has 0 radical (unpaired) electrons. The Balaban J connectivity index is 2.29. The Morgan fingerprint density at radius 1 is 1.40 bits per heavy atom. The fraction of sp³-hybridized carbons (Fsp3) is 0.364. The minimum absolute atomic E-state index is 0.557. The van der Waals surface area contributed by atoms with Crippen molar-refractivity contribution in [3.63, 3.8) is 0 Å². The van der Waals surface area contributed by atoms with Gasteiger partial charge in [-0.15, -0.1) is 0 Å². The van der Waals surface area contributed by atoms with Crippen molar-refractivity contribution < 1.29 is 4.74 Å². The van der Waals surface area contributed by atoms with Gasteiger partial charge in [0.25, 0.3) is 0 Å². The number of fused-ring (bicyclic) bond motifs is 1. The lowest BCUT2D eigenvalue weighted by molar-refractivity contribution is 0.201. The largest absolute Gasteiger partial charge is 0.384 e. The average Bonchev–Trinajstić information content (AvgIpc) is 2.67. The normalized spacial score (nSPS) is 11.1. The molecule has 0 aliphatic heterocycles. The van der Waals surface area contributed by atoms with E-state index < -0.39 is 0 Å². The molecule has 0 atom stereocenters. The smallest absolute Gasteiger partial charge is 0.136 e. The van der Waals surface area contributed by atoms with Crippen molar-refractivity contribution >= 4 is 5.65 Å². The molecule has 4 nitrogen and oxygen atoms in total. The third-order valence-electron chi connectivity index (χ3n) is 2.36. The van der Waals surface area contributed by atoms with Gasteiger partial charge in [0.15, 0.2) is 0 Å². The molecule has 2 heterocycles. The molecule has 0 amide bonds. The highest BCUT2D eigenvalue weighted by Crippen LogP contribution is 2.08. The lowest BCUT2D eigenvalue weighted by Crippen LogP contribution is -1.97. The number of rotatable bonds is 4. The van der Waals surface area contributed by atoms with Gasteiger partial charge in [0, 0.05) is 32.5 Å². The number of hydrogen-bond donors (Lipinski definition) is 1. The van der Waals surface area contributed by atoms with Crippen LogP contribution in [0.1, 0.15) is 11.3 Å². The molecule has 80 valence electrons. The molecule has 2 aromatic heterocycles. The molecule has 0 spiro atoms. The minimum Gasteiger partial charge on any atom is -0.384 e. The van der Waals surface area contributed by atoms with Gasteiger partial charge in [0.1, 0.15) is 5.65 Å². The fourth-order valence-electron chi connectivity index (χ4n) is 1.54. The molecule has 0 aliphatic rings. The summed E-state index contributed by atoms with van der Waals surface area (Å²) >= 11 is 0. The van der Waals surface area contributed by atoms with Crippen LogP contribution in [-0.2, 0) is 17.7 Å². The molecule has 0 aromatic carbocycles. The number of aromatic nitrogens is 2. The molecule has 2 N–H and O–H groups in total. The first kappa shape index (κ1) is 10.1. The highest BCUT2D eigenvalue weighted by Gasteiger charge is 2.01. The van der Waals surface area contributed by atoms with Gasteiger partial charge in [-0.25, -0.2) is 4.98 Å². The summed E-state index contributed by atoms with van der Waals surface area (Å²) in [6, 6.07) is 3.99. The summed E-state index contributed by atoms with van der Waals surface area (Å²) in [4.78, 5) is 4.47. The predicted molar refractivity (Wildman–Crippen MR) is 58.7 cm³/mol. The van der Waals surface area contributed by atoms with Crippen molar-refractivity contribution in [1.29, 1.82) is 0 Å². The second-order valence-corrected chi connectivity index (χ2v) is 3.48. The summed E-state index contributed by atoms with van der Waals surface area (Å²) in [5.74, 6) is 0. The lowest BCUT2D eigenvalue weighted by atomic mass is 10.3. The Morgan fingerprint density at radius 3 is 3.00 bits per heavy atom. The maximum absolute atomic E-state index is 5.57. The number of ether oxygens (including phenoxy) is 1. The molecular formula is C11H15N3O. The van der Waals surface area contributed by atoms with Crippen LogP contribution in [0.15, 0.2) is 24.5 Å². The van der Waals surface area contributed by atoms with Crippen molar-refractivity contribution in [3.05, 3.63) is 35.8 Å². The zero-order valence-electron chi connectivity index (χ0n) is 8.81. The van der Waals surface area contributed by atoms with Crippen LogP contribution in [0.5, 0.6) is 0 Å². The summed E-state index contributed by atoms with van der Waals surface area (Å²) in [5, 5.41) is 0. The Kier molecular flexibility index (Phi) is 2.99. The van der Waals surface area contributed by atoms with E-state index >= 15 is 0 Å². The Morgan fingerprint density at radius 2 is 2.27 bits per heavy atom. The van der Waals surface area contributed by atoms with Gasteiger partial charge in [0.05, 0.1) is 12.3 Å². The number of imidazole rings is 1. The number of nitrogens with zero attached hydrogens (tertiary/aromatic N) is 2. The minimum atomic E-state index is 0.557. The van der Waals surface area contributed by atoms with E-state index in [0.29, 0.717) is 13.2 Å². The summed E-state index contributed by atoms with van der Waals surface area (Å²) in [5.41, 5.74) is 8.69. The van der Waals surface area contributed by atoms with E-state index in [0.717, 1.165) is 23.3 Å². The molecule has 0 unspecified atom stereocenters. The highest BCUT2D eigenvalue weighted by atomic mass is 16.5. The monoisotopic (exact) mass is 205 g/mol. The first-order valence-corrected chi connectivity index (χ1v) is 4.99. The van der Waals surface area contributed by atoms with Crippen LogP contribution in [0.4, 0.5) is 0 Å². The van der Waals surface area contributed by atoms with E-state index in [-0.39, 0.29) is 0 Å². The molecule has 0 bridgehead atoms. The van der Waals surface area contributed by atoms with Crippen LogP contribution in [0, 0.1) is 0 Å². The molecule has 0 saturated heterocycles. The third kappa shape index (κ3) is 2.16. The first-order valence-electron chi connectivity index (χ1n) is 4.99. The molecule has 0 fully saturated rings. The third-order valence-corrected chi connectivity index (χ3v) is 2.36.